The first-order chi connectivity index (χ1) is 15.5. The zero-order valence-electron chi connectivity index (χ0n) is 16.9. The topological polar surface area (TPSA) is 122 Å². The summed E-state index contributed by atoms with van der Waals surface area (Å²) in [6, 6.07) is 6.41. The van der Waals surface area contributed by atoms with E-state index in [-0.39, 0.29) is 33.0 Å². The molecule has 0 saturated heterocycles. The van der Waals surface area contributed by atoms with Crippen molar-refractivity contribution in [1.82, 2.24) is 15.0 Å². The summed E-state index contributed by atoms with van der Waals surface area (Å²) in [4.78, 5) is 16.2. The number of hydrogen-bond donors (Lipinski definition) is 3. The quantitative estimate of drug-likeness (QED) is 0.465. The lowest BCUT2D eigenvalue weighted by molar-refractivity contribution is -0.114. The summed E-state index contributed by atoms with van der Waals surface area (Å²) in [6.45, 7) is 1.25. The Morgan fingerprint density at radius 1 is 1.15 bits per heavy atom. The van der Waals surface area contributed by atoms with Gasteiger partial charge in [-0.05, 0) is 37.3 Å². The maximum atomic E-state index is 13.8. The number of fused-ring (bicyclic) bond motifs is 3. The number of sulfonamides is 1. The zero-order chi connectivity index (χ0) is 23.9. The van der Waals surface area contributed by atoms with Crippen LogP contribution in [-0.4, -0.2) is 37.1 Å². The fraction of sp³-hybridized carbons (Fsp3) is 0.143. The van der Waals surface area contributed by atoms with E-state index in [9.17, 15) is 22.7 Å². The molecule has 0 fully saturated rings. The van der Waals surface area contributed by atoms with E-state index in [2.05, 4.69) is 20.3 Å². The van der Waals surface area contributed by atoms with E-state index in [4.69, 9.17) is 23.2 Å². The van der Waals surface area contributed by atoms with Crippen LogP contribution >= 0.6 is 23.2 Å². The molecule has 1 aliphatic rings. The molecular weight excluding hydrogens is 494 g/mol. The van der Waals surface area contributed by atoms with Gasteiger partial charge in [0.15, 0.2) is 0 Å². The predicted molar refractivity (Wildman–Crippen MR) is 124 cm³/mol. The van der Waals surface area contributed by atoms with Crippen LogP contribution in [0.5, 0.6) is 0 Å². The van der Waals surface area contributed by atoms with E-state index in [1.807, 2.05) is 0 Å². The number of nitrogens with zero attached hydrogens (tertiary/aromatic N) is 2. The van der Waals surface area contributed by atoms with Crippen molar-refractivity contribution in [2.24, 2.45) is 0 Å². The number of hydrogen-bond acceptors (Lipinski definition) is 6. The number of aliphatic hydroxyl groups excluding tert-OH is 1. The standard InChI is InChI=1S/C21H16Cl2FN4O4S/c1-10(29)8-26-33(31,32)12-5-16(22)20(17(23)6-12)28-21-14-7-19(30)25-9-15(14)13-4-11(24)2-3-18(13)27-21/h2-7,9-10,26,29H,8H2,1H3,(H,27,28)/t10-/m1/s1. The number of halogens is 3. The van der Waals surface area contributed by atoms with Crippen molar-refractivity contribution in [2.45, 2.75) is 17.9 Å². The third-order valence-electron chi connectivity index (χ3n) is 4.75. The van der Waals surface area contributed by atoms with Crippen molar-refractivity contribution < 1.29 is 22.7 Å². The van der Waals surface area contributed by atoms with Crippen LogP contribution in [0.3, 0.4) is 0 Å². The predicted octanol–water partition coefficient (Wildman–Crippen LogP) is 1.75. The van der Waals surface area contributed by atoms with Crippen LogP contribution in [0.1, 0.15) is 6.92 Å². The highest BCUT2D eigenvalue weighted by molar-refractivity contribution is 7.89. The van der Waals surface area contributed by atoms with Crippen LogP contribution in [0, 0.1) is 5.82 Å². The molecule has 1 atom stereocenters. The molecule has 1 amide bonds. The Bertz CT molecular complexity index is 1500. The van der Waals surface area contributed by atoms with Crippen LogP contribution in [0.25, 0.3) is 23.2 Å². The lowest BCUT2D eigenvalue weighted by Gasteiger charge is -2.15. The number of carbonyl (C=O) groups is 1. The molecule has 0 spiro atoms. The maximum absolute atomic E-state index is 13.8. The number of aliphatic hydroxyl groups is 1. The molecule has 0 saturated carbocycles. The molecule has 12 heteroatoms. The largest absolute Gasteiger partial charge is 0.392 e. The van der Waals surface area contributed by atoms with Crippen LogP contribution in [0.15, 0.2) is 35.2 Å². The Morgan fingerprint density at radius 3 is 2.52 bits per heavy atom. The van der Waals surface area contributed by atoms with Gasteiger partial charge < -0.3 is 10.4 Å². The van der Waals surface area contributed by atoms with E-state index in [1.165, 1.54) is 49.5 Å². The Labute approximate surface area is 197 Å². The van der Waals surface area contributed by atoms with E-state index >= 15 is 0 Å². The Balaban J connectivity index is 1.81. The monoisotopic (exact) mass is 509 g/mol. The number of nitrogens with one attached hydrogen (secondary N) is 2. The van der Waals surface area contributed by atoms with E-state index in [0.717, 1.165) is 0 Å². The van der Waals surface area contributed by atoms with Gasteiger partial charge in [-0.15, -0.1) is 0 Å². The second-order valence-electron chi connectivity index (χ2n) is 7.28. The highest BCUT2D eigenvalue weighted by Gasteiger charge is 2.20. The SMILES string of the molecule is C[C@@H](O)CNS(=O)(=O)c1cc(Cl)c(Nc2nc3ccc(F)cc3c3c2=CC(=O)[N]C=3)c(Cl)c1. The molecule has 1 aromatic heterocycles. The minimum Gasteiger partial charge on any atom is -0.392 e. The fourth-order valence-corrected chi connectivity index (χ4v) is 5.08. The lowest BCUT2D eigenvalue weighted by Crippen LogP contribution is -2.36. The second-order valence-corrected chi connectivity index (χ2v) is 9.86. The summed E-state index contributed by atoms with van der Waals surface area (Å²) in [5, 5.41) is 17.3. The highest BCUT2D eigenvalue weighted by Crippen LogP contribution is 2.34. The van der Waals surface area contributed by atoms with Gasteiger partial charge in [-0.25, -0.2) is 27.8 Å². The molecule has 3 aromatic rings. The van der Waals surface area contributed by atoms with Crippen LogP contribution < -0.4 is 25.8 Å². The van der Waals surface area contributed by atoms with Crippen molar-refractivity contribution in [3.8, 4) is 0 Å². The molecule has 2 heterocycles. The third kappa shape index (κ3) is 4.80. The maximum Gasteiger partial charge on any atom is 0.270 e. The van der Waals surface area contributed by atoms with E-state index in [0.29, 0.717) is 21.3 Å². The van der Waals surface area contributed by atoms with Gasteiger partial charge in [-0.1, -0.05) is 23.2 Å². The first-order valence-electron chi connectivity index (χ1n) is 9.55. The highest BCUT2D eigenvalue weighted by atomic mass is 35.5. The Hall–Kier alpha value is -2.76. The number of rotatable bonds is 6. The van der Waals surface area contributed by atoms with Crippen molar-refractivity contribution in [3.05, 3.63) is 56.6 Å². The average Bonchev–Trinajstić information content (AvgIpc) is 2.75. The smallest absolute Gasteiger partial charge is 0.270 e. The molecule has 0 unspecified atom stereocenters. The van der Waals surface area contributed by atoms with Crippen LogP contribution in [0.2, 0.25) is 10.0 Å². The summed E-state index contributed by atoms with van der Waals surface area (Å²) < 4.78 is 41.0. The Kier molecular flexibility index (Phi) is 6.30. The number of aromatic nitrogens is 1. The lowest BCUT2D eigenvalue weighted by atomic mass is 10.1. The zero-order valence-corrected chi connectivity index (χ0v) is 19.3. The Morgan fingerprint density at radius 2 is 1.85 bits per heavy atom. The van der Waals surface area contributed by atoms with E-state index in [1.54, 1.807) is 0 Å². The van der Waals surface area contributed by atoms with Gasteiger partial charge in [-0.3, -0.25) is 4.79 Å². The molecule has 8 nitrogen and oxygen atoms in total. The van der Waals surface area contributed by atoms with Crippen molar-refractivity contribution in [3.63, 3.8) is 0 Å². The molecule has 0 aliphatic carbocycles. The van der Waals surface area contributed by atoms with Crippen molar-refractivity contribution in [2.75, 3.05) is 11.9 Å². The number of benzene rings is 2. The molecule has 2 aromatic carbocycles. The normalized spacial score (nSPS) is 14.2. The van der Waals surface area contributed by atoms with Gasteiger partial charge in [0.2, 0.25) is 10.0 Å². The molecule has 3 N–H and O–H groups in total. The van der Waals surface area contributed by atoms with Gasteiger partial charge in [0.1, 0.15) is 11.6 Å². The number of anilines is 2. The van der Waals surface area contributed by atoms with Gasteiger partial charge in [0, 0.05) is 34.6 Å². The molecular formula is C21H16Cl2FN4O4S. The minimum absolute atomic E-state index is 0.0227. The summed E-state index contributed by atoms with van der Waals surface area (Å²) >= 11 is 12.7. The molecule has 33 heavy (non-hydrogen) atoms. The summed E-state index contributed by atoms with van der Waals surface area (Å²) in [5.41, 5.74) is 0.591. The van der Waals surface area contributed by atoms with Gasteiger partial charge in [0.25, 0.3) is 5.91 Å². The minimum atomic E-state index is -3.97. The molecule has 1 aliphatic heterocycles. The molecule has 0 bridgehead atoms. The third-order valence-corrected chi connectivity index (χ3v) is 6.75. The van der Waals surface area contributed by atoms with Gasteiger partial charge in [-0.2, -0.15) is 0 Å². The van der Waals surface area contributed by atoms with E-state index < -0.39 is 27.9 Å². The molecule has 1 radical (unpaired) electrons. The summed E-state index contributed by atoms with van der Waals surface area (Å²) in [6.07, 6.45) is 1.70. The summed E-state index contributed by atoms with van der Waals surface area (Å²) in [7, 11) is -3.97. The first-order valence-corrected chi connectivity index (χ1v) is 11.8. The van der Waals surface area contributed by atoms with Crippen molar-refractivity contribution >= 4 is 73.8 Å². The number of amides is 1. The van der Waals surface area contributed by atoms with Crippen LogP contribution in [-0.2, 0) is 14.8 Å². The van der Waals surface area contributed by atoms with Gasteiger partial charge in [0.05, 0.1) is 32.2 Å². The first kappa shape index (κ1) is 23.4. The molecule has 171 valence electrons. The van der Waals surface area contributed by atoms with Crippen LogP contribution in [0.4, 0.5) is 15.9 Å². The molecule has 4 rings (SSSR count). The number of carbonyl (C=O) groups excluding carboxylic acids is 1. The number of pyridine rings is 1. The van der Waals surface area contributed by atoms with Crippen molar-refractivity contribution in [1.29, 1.82) is 0 Å². The second kappa shape index (κ2) is 8.88. The summed E-state index contributed by atoms with van der Waals surface area (Å²) in [5.74, 6) is -0.786. The average molecular weight is 510 g/mol. The van der Waals surface area contributed by atoms with Gasteiger partial charge >= 0.3 is 0 Å². The fourth-order valence-electron chi connectivity index (χ4n) is 3.20.